The van der Waals surface area contributed by atoms with Crippen molar-refractivity contribution in [2.24, 2.45) is 27.0 Å². The van der Waals surface area contributed by atoms with E-state index < -0.39 is 0 Å². The molecule has 6 nitrogen and oxygen atoms in total. The standard InChI is InChI=1S/C22H20IN6PS/c23-30-29-13-28-22(27)21-18(19(12-26)20(31-21)17(11-25)7-8-24)10-14-5-6-15-3-1-2-4-16(15)9-14/h1-9,11,13,30H,10,24-25H2,(H2,27,28,29)/b8-7-,17-11+. The summed E-state index contributed by atoms with van der Waals surface area (Å²) in [7, 11) is 0. The molecule has 0 fully saturated rings. The SMILES string of the molecule is N#Cc1c(C(/C=C\N)=C/N)sc(C(N)=N/C=N/PI)c1Cc1ccc2ccccc2c1. The van der Waals surface area contributed by atoms with Gasteiger partial charge in [-0.05, 0) is 56.2 Å². The van der Waals surface area contributed by atoms with Crippen LogP contribution in [0.5, 0.6) is 0 Å². The van der Waals surface area contributed by atoms with Crippen molar-refractivity contribution >= 4 is 68.3 Å². The van der Waals surface area contributed by atoms with Gasteiger partial charge in [-0.3, -0.25) is 0 Å². The van der Waals surface area contributed by atoms with Gasteiger partial charge in [-0.25, -0.2) is 9.76 Å². The fraction of sp³-hybridized carbons (Fsp3) is 0.0455. The van der Waals surface area contributed by atoms with E-state index in [0.717, 1.165) is 26.8 Å². The van der Waals surface area contributed by atoms with Gasteiger partial charge in [0, 0.05) is 18.2 Å². The van der Waals surface area contributed by atoms with Crippen LogP contribution in [0.3, 0.4) is 0 Å². The lowest BCUT2D eigenvalue weighted by Crippen LogP contribution is -2.14. The fourth-order valence-corrected chi connectivity index (χ4v) is 4.86. The Bertz CT molecular complexity index is 1250. The number of fused-ring (bicyclic) bond motifs is 1. The third-order valence-electron chi connectivity index (χ3n) is 4.57. The molecule has 1 heterocycles. The molecular weight excluding hydrogens is 538 g/mol. The summed E-state index contributed by atoms with van der Waals surface area (Å²) in [6, 6.07) is 16.8. The van der Waals surface area contributed by atoms with Crippen molar-refractivity contribution in [3.63, 3.8) is 0 Å². The van der Waals surface area contributed by atoms with Gasteiger partial charge < -0.3 is 17.2 Å². The molecule has 1 unspecified atom stereocenters. The third kappa shape index (κ3) is 5.31. The van der Waals surface area contributed by atoms with Crippen LogP contribution in [-0.2, 0) is 6.42 Å². The van der Waals surface area contributed by atoms with E-state index in [1.54, 1.807) is 6.08 Å². The molecule has 2 aromatic carbocycles. The highest BCUT2D eigenvalue weighted by atomic mass is 127. The first-order valence-electron chi connectivity index (χ1n) is 9.17. The lowest BCUT2D eigenvalue weighted by Gasteiger charge is -2.07. The molecule has 1 atom stereocenters. The number of benzene rings is 2. The lowest BCUT2D eigenvalue weighted by atomic mass is 9.97. The van der Waals surface area contributed by atoms with Crippen molar-refractivity contribution < 1.29 is 0 Å². The topological polar surface area (TPSA) is 127 Å². The number of hydrogen-bond donors (Lipinski definition) is 3. The molecule has 1 aromatic heterocycles. The number of halogens is 1. The van der Waals surface area contributed by atoms with Gasteiger partial charge in [-0.1, -0.05) is 42.5 Å². The number of hydrogen-bond acceptors (Lipinski definition) is 5. The van der Waals surface area contributed by atoms with Crippen molar-refractivity contribution in [3.05, 3.63) is 87.4 Å². The second-order valence-electron chi connectivity index (χ2n) is 6.41. The molecule has 0 saturated heterocycles. The van der Waals surface area contributed by atoms with Gasteiger partial charge in [0.1, 0.15) is 18.2 Å². The summed E-state index contributed by atoms with van der Waals surface area (Å²) in [6.07, 6.45) is 6.84. The van der Waals surface area contributed by atoms with Gasteiger partial charge in [-0.15, -0.1) is 11.3 Å². The maximum Gasteiger partial charge on any atom is 0.142 e. The second-order valence-corrected chi connectivity index (χ2v) is 9.30. The highest BCUT2D eigenvalue weighted by Gasteiger charge is 2.22. The van der Waals surface area contributed by atoms with Crippen LogP contribution in [0.1, 0.15) is 26.4 Å². The van der Waals surface area contributed by atoms with Crippen LogP contribution in [-0.4, -0.2) is 12.2 Å². The van der Waals surface area contributed by atoms with Gasteiger partial charge in [0.2, 0.25) is 0 Å². The summed E-state index contributed by atoms with van der Waals surface area (Å²) >= 11 is 3.53. The van der Waals surface area contributed by atoms with Crippen LogP contribution in [0, 0.1) is 11.3 Å². The maximum absolute atomic E-state index is 10.00. The summed E-state index contributed by atoms with van der Waals surface area (Å²) < 4.78 is 4.12. The van der Waals surface area contributed by atoms with Crippen molar-refractivity contribution in [1.82, 2.24) is 0 Å². The largest absolute Gasteiger partial charge is 0.405 e. The predicted molar refractivity (Wildman–Crippen MR) is 143 cm³/mol. The summed E-state index contributed by atoms with van der Waals surface area (Å²) in [5.74, 6) is 0.315. The monoisotopic (exact) mass is 558 g/mol. The quantitative estimate of drug-likeness (QED) is 0.126. The molecule has 0 aliphatic rings. The summed E-state index contributed by atoms with van der Waals surface area (Å²) in [6.45, 7) is 0. The van der Waals surface area contributed by atoms with E-state index in [2.05, 4.69) is 68.2 Å². The van der Waals surface area contributed by atoms with E-state index >= 15 is 0 Å². The zero-order valence-electron chi connectivity index (χ0n) is 16.4. The summed E-state index contributed by atoms with van der Waals surface area (Å²) in [5, 5.41) is 12.3. The highest BCUT2D eigenvalue weighted by molar-refractivity contribution is 14.2. The number of aliphatic imine (C=N–C) groups is 1. The van der Waals surface area contributed by atoms with Crippen LogP contribution in [0.4, 0.5) is 0 Å². The molecule has 6 N–H and O–H groups in total. The molecule has 0 spiro atoms. The minimum Gasteiger partial charge on any atom is -0.405 e. The van der Waals surface area contributed by atoms with Crippen LogP contribution in [0.2, 0.25) is 0 Å². The first-order chi connectivity index (χ1) is 15.1. The molecule has 0 amide bonds. The van der Waals surface area contributed by atoms with Gasteiger partial charge in [-0.2, -0.15) is 5.26 Å². The molecule has 156 valence electrons. The van der Waals surface area contributed by atoms with E-state index in [0.29, 0.717) is 34.6 Å². The predicted octanol–water partition coefficient (Wildman–Crippen LogP) is 4.81. The molecular formula is C22H20IN6PS. The normalized spacial score (nSPS) is 13.2. The number of amidine groups is 1. The Morgan fingerprint density at radius 2 is 1.94 bits per heavy atom. The Kier molecular flexibility index (Phi) is 8.18. The Morgan fingerprint density at radius 3 is 2.61 bits per heavy atom. The number of rotatable bonds is 7. The Hall–Kier alpha value is -2.73. The van der Waals surface area contributed by atoms with Crippen molar-refractivity contribution in [3.8, 4) is 6.07 Å². The number of nitriles is 1. The van der Waals surface area contributed by atoms with E-state index in [1.807, 2.05) is 12.1 Å². The molecule has 9 heteroatoms. The van der Waals surface area contributed by atoms with Crippen molar-refractivity contribution in [1.29, 1.82) is 5.26 Å². The minimum absolute atomic E-state index is 0.315. The van der Waals surface area contributed by atoms with Crippen LogP contribution >= 0.6 is 39.8 Å². The second kappa shape index (κ2) is 11.0. The number of thiophene rings is 1. The Labute approximate surface area is 199 Å². The smallest absolute Gasteiger partial charge is 0.142 e. The molecule has 0 aliphatic heterocycles. The Balaban J connectivity index is 2.17. The molecule has 0 saturated carbocycles. The van der Waals surface area contributed by atoms with Crippen LogP contribution < -0.4 is 17.2 Å². The highest BCUT2D eigenvalue weighted by Crippen LogP contribution is 2.35. The van der Waals surface area contributed by atoms with E-state index in [-0.39, 0.29) is 0 Å². The zero-order chi connectivity index (χ0) is 22.2. The maximum atomic E-state index is 10.00. The van der Waals surface area contributed by atoms with E-state index in [1.165, 1.54) is 30.1 Å². The molecule has 3 rings (SSSR count). The average Bonchev–Trinajstić information content (AvgIpc) is 3.15. The fourth-order valence-electron chi connectivity index (χ4n) is 3.20. The molecule has 0 radical (unpaired) electrons. The third-order valence-corrected chi connectivity index (χ3v) is 6.92. The first-order valence-corrected chi connectivity index (χ1v) is 14.1. The number of nitrogens with zero attached hydrogens (tertiary/aromatic N) is 3. The van der Waals surface area contributed by atoms with Crippen molar-refractivity contribution in [2.45, 2.75) is 6.42 Å². The van der Waals surface area contributed by atoms with Crippen molar-refractivity contribution in [2.75, 3.05) is 0 Å². The van der Waals surface area contributed by atoms with Gasteiger partial charge in [0.25, 0.3) is 0 Å². The van der Waals surface area contributed by atoms with Gasteiger partial charge in [0.05, 0.1) is 21.7 Å². The Morgan fingerprint density at radius 1 is 1.16 bits per heavy atom. The van der Waals surface area contributed by atoms with Crippen LogP contribution in [0.15, 0.2) is 70.7 Å². The number of allylic oxidation sites excluding steroid dienone is 2. The van der Waals surface area contributed by atoms with E-state index in [4.69, 9.17) is 17.2 Å². The molecule has 0 bridgehead atoms. The van der Waals surface area contributed by atoms with Gasteiger partial charge in [0.15, 0.2) is 0 Å². The molecule has 3 aromatic rings. The summed E-state index contributed by atoms with van der Waals surface area (Å²) in [4.78, 5) is 5.71. The minimum atomic E-state index is 0.315. The summed E-state index contributed by atoms with van der Waals surface area (Å²) in [5.41, 5.74) is 20.8. The average molecular weight is 558 g/mol. The lowest BCUT2D eigenvalue weighted by molar-refractivity contribution is 1.19. The van der Waals surface area contributed by atoms with Gasteiger partial charge >= 0.3 is 0 Å². The first kappa shape index (κ1) is 22.9. The van der Waals surface area contributed by atoms with E-state index in [9.17, 15) is 5.26 Å². The molecule has 0 aliphatic carbocycles. The van der Waals surface area contributed by atoms with Crippen LogP contribution in [0.25, 0.3) is 16.3 Å². The number of nitrogens with two attached hydrogens (primary N) is 3. The molecule has 31 heavy (non-hydrogen) atoms. The zero-order valence-corrected chi connectivity index (χ0v) is 20.4.